The lowest BCUT2D eigenvalue weighted by Crippen LogP contribution is -2.30. The molecule has 1 atom stereocenters. The van der Waals surface area contributed by atoms with Gasteiger partial charge in [0.05, 0.1) is 7.11 Å². The molecule has 49 heavy (non-hydrogen) atoms. The third-order valence-electron chi connectivity index (χ3n) is 7.71. The van der Waals surface area contributed by atoms with Crippen LogP contribution in [0.15, 0.2) is 162 Å². The molecular formula is C41H33N3O4S. The van der Waals surface area contributed by atoms with Crippen LogP contribution in [-0.2, 0) is 9.59 Å². The fourth-order valence-corrected chi connectivity index (χ4v) is 6.22. The molecule has 0 aromatic heterocycles. The molecule has 0 aliphatic rings. The molecule has 0 heterocycles. The normalized spacial score (nSPS) is 11.7. The average molecular weight is 664 g/mol. The van der Waals surface area contributed by atoms with Crippen LogP contribution in [0.2, 0.25) is 0 Å². The molecule has 0 spiro atoms. The van der Waals surface area contributed by atoms with E-state index in [-0.39, 0.29) is 11.6 Å². The van der Waals surface area contributed by atoms with Crippen molar-refractivity contribution < 1.29 is 19.1 Å². The van der Waals surface area contributed by atoms with E-state index in [0.29, 0.717) is 22.6 Å². The molecule has 0 bridgehead atoms. The van der Waals surface area contributed by atoms with Crippen molar-refractivity contribution in [2.24, 2.45) is 0 Å². The van der Waals surface area contributed by atoms with E-state index in [1.54, 1.807) is 73.8 Å². The van der Waals surface area contributed by atoms with Gasteiger partial charge in [-0.25, -0.2) is 0 Å². The number of nitrogens with one attached hydrogen (secondary N) is 3. The SMILES string of the molecule is COc1ccc(/C=C(\NC(=O)c2ccccc2)C(=O)Nc2ccc(SC(C(=O)Nc3cccc4ccccc34)c3ccccc3)cc2)cc1. The molecule has 8 heteroatoms. The Morgan fingerprint density at radius 3 is 2.04 bits per heavy atom. The number of benzene rings is 6. The first-order valence-corrected chi connectivity index (χ1v) is 16.5. The highest BCUT2D eigenvalue weighted by Crippen LogP contribution is 2.37. The molecule has 3 N–H and O–H groups in total. The number of ether oxygens (including phenoxy) is 1. The Morgan fingerprint density at radius 2 is 1.33 bits per heavy atom. The van der Waals surface area contributed by atoms with Gasteiger partial charge in [-0.3, -0.25) is 14.4 Å². The van der Waals surface area contributed by atoms with Gasteiger partial charge in [0.15, 0.2) is 0 Å². The van der Waals surface area contributed by atoms with Crippen molar-refractivity contribution in [1.82, 2.24) is 5.32 Å². The molecule has 6 aromatic carbocycles. The van der Waals surface area contributed by atoms with Crippen molar-refractivity contribution in [3.63, 3.8) is 0 Å². The van der Waals surface area contributed by atoms with Gasteiger partial charge in [0, 0.05) is 27.2 Å². The molecule has 6 aromatic rings. The van der Waals surface area contributed by atoms with Crippen molar-refractivity contribution in [2.45, 2.75) is 10.1 Å². The Kier molecular flexibility index (Phi) is 10.5. The molecule has 7 nitrogen and oxygen atoms in total. The van der Waals surface area contributed by atoms with Gasteiger partial charge in [-0.1, -0.05) is 97.1 Å². The van der Waals surface area contributed by atoms with E-state index >= 15 is 0 Å². The Bertz CT molecular complexity index is 2090. The maximum atomic E-state index is 13.8. The topological polar surface area (TPSA) is 96.5 Å². The van der Waals surface area contributed by atoms with Crippen molar-refractivity contribution in [1.29, 1.82) is 0 Å². The molecule has 6 rings (SSSR count). The van der Waals surface area contributed by atoms with Crippen LogP contribution in [0, 0.1) is 0 Å². The Morgan fingerprint density at radius 1 is 0.673 bits per heavy atom. The highest BCUT2D eigenvalue weighted by Gasteiger charge is 2.23. The molecule has 242 valence electrons. The first kappa shape index (κ1) is 32.8. The summed E-state index contributed by atoms with van der Waals surface area (Å²) in [5.74, 6) is -0.365. The Labute approximate surface area is 289 Å². The molecule has 0 fully saturated rings. The molecule has 3 amide bonds. The number of fused-ring (bicyclic) bond motifs is 1. The van der Waals surface area contributed by atoms with Gasteiger partial charge in [-0.15, -0.1) is 11.8 Å². The smallest absolute Gasteiger partial charge is 0.272 e. The second-order valence-corrected chi connectivity index (χ2v) is 12.2. The minimum absolute atomic E-state index is 0.0757. The van der Waals surface area contributed by atoms with Crippen LogP contribution in [0.5, 0.6) is 5.75 Å². The summed E-state index contributed by atoms with van der Waals surface area (Å²) in [6.45, 7) is 0. The van der Waals surface area contributed by atoms with E-state index in [0.717, 1.165) is 26.9 Å². The summed E-state index contributed by atoms with van der Waals surface area (Å²) < 4.78 is 5.24. The van der Waals surface area contributed by atoms with Crippen LogP contribution in [-0.4, -0.2) is 24.8 Å². The van der Waals surface area contributed by atoms with Gasteiger partial charge in [-0.05, 0) is 77.2 Å². The summed E-state index contributed by atoms with van der Waals surface area (Å²) in [5.41, 5.74) is 3.35. The van der Waals surface area contributed by atoms with Crippen molar-refractivity contribution in [3.05, 3.63) is 174 Å². The van der Waals surface area contributed by atoms with Gasteiger partial charge >= 0.3 is 0 Å². The maximum Gasteiger partial charge on any atom is 0.272 e. The van der Waals surface area contributed by atoms with Crippen LogP contribution in [0.3, 0.4) is 0 Å². The highest BCUT2D eigenvalue weighted by molar-refractivity contribution is 8.00. The standard InChI is InChI=1S/C41H33N3O4S/c1-48-33-23-19-28(20-24-33)27-37(44-39(45)31-14-6-3-7-15-31)40(46)42-32-21-25-34(26-22-32)49-38(30-12-4-2-5-13-30)41(47)43-36-18-10-16-29-11-8-9-17-35(29)36/h2-27,38H,1H3,(H,42,46)(H,43,47)(H,44,45)/b37-27-. The monoisotopic (exact) mass is 663 g/mol. The number of anilines is 2. The quantitative estimate of drug-likeness (QED) is 0.0952. The van der Waals surface area contributed by atoms with Crippen LogP contribution < -0.4 is 20.7 Å². The van der Waals surface area contributed by atoms with Gasteiger partial charge in [0.1, 0.15) is 16.7 Å². The predicted molar refractivity (Wildman–Crippen MR) is 198 cm³/mol. The Balaban J connectivity index is 1.20. The van der Waals surface area contributed by atoms with Gasteiger partial charge in [0.2, 0.25) is 5.91 Å². The number of methoxy groups -OCH3 is 1. The van der Waals surface area contributed by atoms with Crippen LogP contribution in [0.1, 0.15) is 26.7 Å². The molecule has 1 unspecified atom stereocenters. The van der Waals surface area contributed by atoms with Gasteiger partial charge in [-0.2, -0.15) is 0 Å². The van der Waals surface area contributed by atoms with E-state index in [4.69, 9.17) is 4.74 Å². The molecular weight excluding hydrogens is 631 g/mol. The summed E-state index contributed by atoms with van der Waals surface area (Å²) in [6, 6.07) is 46.5. The highest BCUT2D eigenvalue weighted by atomic mass is 32.2. The number of hydrogen-bond acceptors (Lipinski definition) is 5. The zero-order chi connectivity index (χ0) is 34.0. The summed E-state index contributed by atoms with van der Waals surface area (Å²) in [6.07, 6.45) is 1.61. The summed E-state index contributed by atoms with van der Waals surface area (Å²) >= 11 is 1.42. The van der Waals surface area contributed by atoms with E-state index in [1.807, 2.05) is 91.0 Å². The summed E-state index contributed by atoms with van der Waals surface area (Å²) in [4.78, 5) is 41.2. The number of carbonyl (C=O) groups excluding carboxylic acids is 3. The number of rotatable bonds is 11. The lowest BCUT2D eigenvalue weighted by Gasteiger charge is -2.18. The molecule has 0 saturated heterocycles. The van der Waals surface area contributed by atoms with Crippen molar-refractivity contribution >= 4 is 57.7 Å². The number of carbonyl (C=O) groups is 3. The largest absolute Gasteiger partial charge is 0.497 e. The minimum Gasteiger partial charge on any atom is -0.497 e. The lowest BCUT2D eigenvalue weighted by molar-refractivity contribution is -0.116. The zero-order valence-electron chi connectivity index (χ0n) is 26.6. The zero-order valence-corrected chi connectivity index (χ0v) is 27.4. The fourth-order valence-electron chi connectivity index (χ4n) is 5.19. The van der Waals surface area contributed by atoms with Crippen molar-refractivity contribution in [3.8, 4) is 5.75 Å². The molecule has 0 saturated carbocycles. The van der Waals surface area contributed by atoms with Gasteiger partial charge in [0.25, 0.3) is 11.8 Å². The number of hydrogen-bond donors (Lipinski definition) is 3. The molecule has 0 radical (unpaired) electrons. The minimum atomic E-state index is -0.534. The van der Waals surface area contributed by atoms with E-state index in [1.165, 1.54) is 11.8 Å². The fraction of sp³-hybridized carbons (Fsp3) is 0.0488. The number of amides is 3. The maximum absolute atomic E-state index is 13.8. The lowest BCUT2D eigenvalue weighted by atomic mass is 10.1. The predicted octanol–water partition coefficient (Wildman–Crippen LogP) is 8.73. The van der Waals surface area contributed by atoms with Crippen LogP contribution in [0.4, 0.5) is 11.4 Å². The third-order valence-corrected chi connectivity index (χ3v) is 8.98. The second kappa shape index (κ2) is 15.6. The van der Waals surface area contributed by atoms with Crippen LogP contribution in [0.25, 0.3) is 16.8 Å². The van der Waals surface area contributed by atoms with E-state index in [9.17, 15) is 14.4 Å². The first-order valence-electron chi connectivity index (χ1n) is 15.6. The summed E-state index contributed by atoms with van der Waals surface area (Å²) in [5, 5.41) is 10.3. The molecule has 0 aliphatic carbocycles. The summed E-state index contributed by atoms with van der Waals surface area (Å²) in [7, 11) is 1.58. The van der Waals surface area contributed by atoms with E-state index in [2.05, 4.69) is 16.0 Å². The second-order valence-electron chi connectivity index (χ2n) is 11.1. The van der Waals surface area contributed by atoms with Crippen LogP contribution >= 0.6 is 11.8 Å². The first-order chi connectivity index (χ1) is 24.0. The average Bonchev–Trinajstić information content (AvgIpc) is 3.15. The van der Waals surface area contributed by atoms with Crippen molar-refractivity contribution in [2.75, 3.05) is 17.7 Å². The third kappa shape index (κ3) is 8.43. The number of thioether (sulfide) groups is 1. The van der Waals surface area contributed by atoms with E-state index < -0.39 is 17.1 Å². The Hall–Kier alpha value is -6.12. The van der Waals surface area contributed by atoms with Gasteiger partial charge < -0.3 is 20.7 Å². The molecule has 0 aliphatic heterocycles.